The fourth-order valence-corrected chi connectivity index (χ4v) is 12.9. The Hall–Kier alpha value is -10.5. The molecule has 43 heteroatoms. The van der Waals surface area contributed by atoms with Gasteiger partial charge in [0, 0.05) is 56.0 Å². The molecular formula is C79H142N26O17. The van der Waals surface area contributed by atoms with Gasteiger partial charge in [-0.15, -0.1) is 0 Å². The Morgan fingerprint density at radius 3 is 1.14 bits per heavy atom. The standard InChI is InChI=1S/C79H142N26O17/c1-5-6-7-8-9-10-11-12-13-14-15-16-17-31-65(109)96-62(45-106)77(121)104-61(41-52-43-89-48-93-52)76(120)105-63(46-107)78(122)98-54(26-18-21-34-80)69(113)91-44-66(110)95-60(40-51-42-88-47-92-51)75(119)102-58(32-33-64(84)108)73(117)100-56(28-20-23-36-82)71(115)101-57(30-25-38-90-79(86)87)72(116)99-55(27-19-22-35-81)70(114)94-50(4)68(112)103-59(39-49(2)3)74(118)97-53(67(85)111)29-24-37-83/h42-43,47-50,53-63,106-107H,5-41,44-46,80-83H2,1-4H3,(H2,84,108)(H2,85,111)(H,88,92)(H,89,93)(H,91,113)(H,94,114)(H,95,110)(H,96,109)(H,97,118)(H,98,122)(H,99,116)(H,100,117)(H,101,115)(H,102,119)(H,103,112)(H,104,121)(H,105,120)(H4,86,87,90)/t50-,53-,54-,55-,56-,57-,58-,59-,60-,61-,62-,63-/m0/s1. The number of hydrogen-bond acceptors (Lipinski definition) is 24. The molecule has 0 saturated carbocycles. The third-order valence-electron chi connectivity index (χ3n) is 19.9. The SMILES string of the molecule is CCCCCCCCCCCCCCCC(=O)N[C@@H](CO)C(=O)N[C@@H](Cc1cnc[nH]1)C(=O)N[C@@H](CO)C(=O)N[C@@H](CCCCN)C(=O)NCC(=O)N[C@@H](Cc1cnc[nH]1)C(=O)N[C@@H](CCC(N)=O)C(=O)N[C@@H](CCCCN)C(=O)N[C@@H](CCCN=C(N)N)C(=O)N[C@@H](CCCCN)C(=O)N[C@@H](C)C(=O)N[C@@H](CC(C)C)C(=O)N[C@@H](CCCN)C(N)=O. The number of hydrogen-bond donors (Lipinski definition) is 25. The summed E-state index contributed by atoms with van der Waals surface area (Å²) in [6, 6.07) is -17.4. The van der Waals surface area contributed by atoms with Crippen molar-refractivity contribution in [1.29, 1.82) is 0 Å². The molecule has 690 valence electrons. The second-order valence-electron chi connectivity index (χ2n) is 30.9. The number of aromatic amines is 2. The zero-order chi connectivity index (χ0) is 90.7. The van der Waals surface area contributed by atoms with Gasteiger partial charge in [-0.2, -0.15) is 0 Å². The summed E-state index contributed by atoms with van der Waals surface area (Å²) in [5.41, 5.74) is 46.0. The highest BCUT2D eigenvalue weighted by Crippen LogP contribution is 2.16. The number of H-pyrrole nitrogens is 2. The van der Waals surface area contributed by atoms with E-state index in [4.69, 9.17) is 45.9 Å². The number of aliphatic imine (C=N–C) groups is 1. The number of rotatable bonds is 70. The van der Waals surface area contributed by atoms with Crippen LogP contribution in [0.25, 0.3) is 0 Å². The van der Waals surface area contributed by atoms with Crippen molar-refractivity contribution in [2.45, 2.75) is 306 Å². The fourth-order valence-electron chi connectivity index (χ4n) is 12.9. The van der Waals surface area contributed by atoms with E-state index in [1.165, 1.54) is 76.9 Å². The Balaban J connectivity index is 2.39. The highest BCUT2D eigenvalue weighted by Gasteiger charge is 2.37. The highest BCUT2D eigenvalue weighted by atomic mass is 16.3. The second-order valence-corrected chi connectivity index (χ2v) is 30.9. The lowest BCUT2D eigenvalue weighted by Gasteiger charge is -2.28. The van der Waals surface area contributed by atoms with Gasteiger partial charge in [0.25, 0.3) is 0 Å². The highest BCUT2D eigenvalue weighted by molar-refractivity contribution is 6.00. The van der Waals surface area contributed by atoms with E-state index in [0.29, 0.717) is 44.2 Å². The molecule has 2 aromatic heterocycles. The van der Waals surface area contributed by atoms with E-state index in [1.807, 2.05) is 0 Å². The molecule has 2 aromatic rings. The number of carbonyl (C=O) groups is 15. The fraction of sp³-hybridized carbons (Fsp3) is 0.722. The first kappa shape index (κ1) is 108. The van der Waals surface area contributed by atoms with Crippen LogP contribution in [-0.2, 0) is 84.8 Å². The number of aliphatic hydroxyl groups is 2. The molecule has 0 radical (unpaired) electrons. The summed E-state index contributed by atoms with van der Waals surface area (Å²) in [5.74, 6) is -13.8. The third-order valence-corrected chi connectivity index (χ3v) is 19.9. The summed E-state index contributed by atoms with van der Waals surface area (Å²) in [6.45, 7) is 5.15. The molecule has 0 aliphatic heterocycles. The van der Waals surface area contributed by atoms with Gasteiger partial charge in [-0.1, -0.05) is 97.8 Å². The van der Waals surface area contributed by atoms with Gasteiger partial charge in [-0.05, 0) is 142 Å². The number of imidazole rings is 2. The van der Waals surface area contributed by atoms with Crippen LogP contribution in [0.4, 0.5) is 0 Å². The average Bonchev–Trinajstić information content (AvgIpc) is 1.16. The van der Waals surface area contributed by atoms with Gasteiger partial charge in [0.15, 0.2) is 5.96 Å². The molecule has 122 heavy (non-hydrogen) atoms. The number of carbonyl (C=O) groups excluding carboxylic acids is 15. The Morgan fingerprint density at radius 1 is 0.369 bits per heavy atom. The van der Waals surface area contributed by atoms with E-state index < -0.39 is 194 Å². The lowest BCUT2D eigenvalue weighted by atomic mass is 10.0. The van der Waals surface area contributed by atoms with Crippen LogP contribution in [0.3, 0.4) is 0 Å². The van der Waals surface area contributed by atoms with Gasteiger partial charge in [0.1, 0.15) is 72.5 Å². The van der Waals surface area contributed by atoms with E-state index in [0.717, 1.165) is 32.1 Å². The molecule has 43 nitrogen and oxygen atoms in total. The van der Waals surface area contributed by atoms with Gasteiger partial charge in [0.05, 0.1) is 32.4 Å². The Morgan fingerprint density at radius 2 is 0.721 bits per heavy atom. The second kappa shape index (κ2) is 63.5. The van der Waals surface area contributed by atoms with Gasteiger partial charge in [-0.25, -0.2) is 9.97 Å². The Kier molecular flexibility index (Phi) is 55.9. The maximum atomic E-state index is 14.7. The molecule has 0 aliphatic rings. The van der Waals surface area contributed by atoms with Crippen LogP contribution < -0.4 is 115 Å². The van der Waals surface area contributed by atoms with Gasteiger partial charge < -0.3 is 135 Å². The first-order valence-corrected chi connectivity index (χ1v) is 42.8. The quantitative estimate of drug-likeness (QED) is 0.0168. The number of unbranched alkanes of at least 4 members (excludes halogenated alkanes) is 15. The lowest BCUT2D eigenvalue weighted by molar-refractivity contribution is -0.136. The molecule has 0 bridgehead atoms. The molecule has 0 aliphatic carbocycles. The monoisotopic (exact) mass is 1730 g/mol. The third kappa shape index (κ3) is 46.5. The van der Waals surface area contributed by atoms with Crippen LogP contribution in [0.5, 0.6) is 0 Å². The normalized spacial score (nSPS) is 14.1. The lowest BCUT2D eigenvalue weighted by Crippen LogP contribution is -2.60. The number of amides is 15. The molecule has 2 heterocycles. The largest absolute Gasteiger partial charge is 0.394 e. The zero-order valence-corrected chi connectivity index (χ0v) is 71.6. The minimum atomic E-state index is -1.76. The van der Waals surface area contributed by atoms with Gasteiger partial charge in [-0.3, -0.25) is 76.9 Å². The molecule has 33 N–H and O–H groups in total. The van der Waals surface area contributed by atoms with E-state index >= 15 is 0 Å². The van der Waals surface area contributed by atoms with E-state index in [1.54, 1.807) is 13.8 Å². The molecule has 0 unspecified atom stereocenters. The number of aliphatic hydroxyl groups excluding tert-OH is 2. The zero-order valence-electron chi connectivity index (χ0n) is 71.6. The maximum absolute atomic E-state index is 14.7. The first-order chi connectivity index (χ1) is 58.3. The van der Waals surface area contributed by atoms with Crippen LogP contribution in [0.1, 0.15) is 232 Å². The summed E-state index contributed by atoms with van der Waals surface area (Å²) < 4.78 is 0. The minimum absolute atomic E-state index is 0.0227. The molecule has 2 rings (SSSR count). The summed E-state index contributed by atoms with van der Waals surface area (Å²) in [4.78, 5) is 225. The summed E-state index contributed by atoms with van der Waals surface area (Å²) >= 11 is 0. The molecule has 0 saturated heterocycles. The van der Waals surface area contributed by atoms with Crippen molar-refractivity contribution in [3.63, 3.8) is 0 Å². The van der Waals surface area contributed by atoms with Crippen molar-refractivity contribution in [2.75, 3.05) is 52.5 Å². The van der Waals surface area contributed by atoms with Crippen molar-refractivity contribution in [3.8, 4) is 0 Å². The number of nitrogens with two attached hydrogens (primary N) is 8. The molecule has 15 amide bonds. The van der Waals surface area contributed by atoms with Crippen LogP contribution in [0, 0.1) is 5.92 Å². The van der Waals surface area contributed by atoms with Crippen molar-refractivity contribution >= 4 is 94.6 Å². The van der Waals surface area contributed by atoms with Gasteiger partial charge in [0.2, 0.25) is 88.6 Å². The van der Waals surface area contributed by atoms with Crippen molar-refractivity contribution < 1.29 is 82.1 Å². The minimum Gasteiger partial charge on any atom is -0.394 e. The van der Waals surface area contributed by atoms with Crippen LogP contribution >= 0.6 is 0 Å². The predicted molar refractivity (Wildman–Crippen MR) is 455 cm³/mol. The van der Waals surface area contributed by atoms with Crippen LogP contribution in [0.15, 0.2) is 30.0 Å². The van der Waals surface area contributed by atoms with Crippen molar-refractivity contribution in [1.82, 2.24) is 89.1 Å². The molecule has 12 atom stereocenters. The molecule has 0 fully saturated rings. The summed E-state index contributed by atoms with van der Waals surface area (Å²) in [6.07, 6.45) is 20.3. The first-order valence-electron chi connectivity index (χ1n) is 42.8. The smallest absolute Gasteiger partial charge is 0.245 e. The van der Waals surface area contributed by atoms with E-state index in [2.05, 4.69) is 101 Å². The Labute approximate surface area is 714 Å². The van der Waals surface area contributed by atoms with Crippen molar-refractivity contribution in [3.05, 3.63) is 36.4 Å². The summed E-state index contributed by atoms with van der Waals surface area (Å²) in [5, 5.41) is 53.8. The van der Waals surface area contributed by atoms with E-state index in [9.17, 15) is 82.1 Å². The van der Waals surface area contributed by atoms with Crippen LogP contribution in [0.2, 0.25) is 0 Å². The number of guanidine groups is 1. The van der Waals surface area contributed by atoms with Crippen molar-refractivity contribution in [2.24, 2.45) is 56.8 Å². The average molecular weight is 1730 g/mol. The molecule has 0 spiro atoms. The number of nitrogens with zero attached hydrogens (tertiary/aromatic N) is 3. The Bertz CT molecular complexity index is 3500. The van der Waals surface area contributed by atoms with E-state index in [-0.39, 0.29) is 127 Å². The number of aromatic nitrogens is 4. The maximum Gasteiger partial charge on any atom is 0.245 e. The molecular weight excluding hydrogens is 1590 g/mol. The summed E-state index contributed by atoms with van der Waals surface area (Å²) in [7, 11) is 0. The van der Waals surface area contributed by atoms with Gasteiger partial charge >= 0.3 is 0 Å². The topological polar surface area (TPSA) is 731 Å². The number of primary amides is 2. The molecule has 0 aromatic carbocycles. The van der Waals surface area contributed by atoms with Crippen LogP contribution in [-0.4, -0.2) is 250 Å². The predicted octanol–water partition coefficient (Wildman–Crippen LogP) is -4.69. The number of nitrogens with one attached hydrogen (secondary N) is 15.